The van der Waals surface area contributed by atoms with E-state index in [0.29, 0.717) is 36.9 Å². The third kappa shape index (κ3) is 5.65. The molecule has 1 heterocycles. The maximum atomic E-state index is 13.5. The Kier molecular flexibility index (Phi) is 6.37. The van der Waals surface area contributed by atoms with E-state index in [0.717, 1.165) is 16.7 Å². The van der Waals surface area contributed by atoms with E-state index in [2.05, 4.69) is 9.71 Å². The van der Waals surface area contributed by atoms with Crippen molar-refractivity contribution in [3.63, 3.8) is 0 Å². The second-order valence-electron chi connectivity index (χ2n) is 8.87. The van der Waals surface area contributed by atoms with Gasteiger partial charge in [-0.3, -0.25) is 0 Å². The van der Waals surface area contributed by atoms with Crippen LogP contribution < -0.4 is 4.72 Å². The van der Waals surface area contributed by atoms with Crippen LogP contribution in [-0.2, 0) is 42.0 Å². The molecule has 0 spiro atoms. The molecular formula is C24H26F3N3O2S. The number of rotatable bonds is 7. The Morgan fingerprint density at radius 1 is 1.06 bits per heavy atom. The fourth-order valence-corrected chi connectivity index (χ4v) is 5.08. The van der Waals surface area contributed by atoms with Crippen LogP contribution in [0.5, 0.6) is 0 Å². The molecule has 1 atom stereocenters. The van der Waals surface area contributed by atoms with Crippen LogP contribution in [-0.4, -0.2) is 29.3 Å². The van der Waals surface area contributed by atoms with Gasteiger partial charge in [-0.25, -0.2) is 18.1 Å². The lowest BCUT2D eigenvalue weighted by atomic mass is 9.97. The van der Waals surface area contributed by atoms with E-state index in [1.165, 1.54) is 12.1 Å². The maximum absolute atomic E-state index is 13.5. The summed E-state index contributed by atoms with van der Waals surface area (Å²) in [4.78, 5) is 3.95. The summed E-state index contributed by atoms with van der Waals surface area (Å²) in [5.74, 6) is 0. The Bertz CT molecular complexity index is 1240. The van der Waals surface area contributed by atoms with Crippen molar-refractivity contribution in [2.45, 2.75) is 57.1 Å². The summed E-state index contributed by atoms with van der Waals surface area (Å²) in [5.41, 5.74) is 3.47. The van der Waals surface area contributed by atoms with Gasteiger partial charge in [0.1, 0.15) is 0 Å². The van der Waals surface area contributed by atoms with Crippen LogP contribution in [0.2, 0.25) is 0 Å². The number of alkyl halides is 3. The molecule has 0 fully saturated rings. The fourth-order valence-electron chi connectivity index (χ4n) is 4.18. The van der Waals surface area contributed by atoms with Gasteiger partial charge >= 0.3 is 6.18 Å². The number of fused-ring (bicyclic) bond motifs is 1. The summed E-state index contributed by atoms with van der Waals surface area (Å²) >= 11 is 0. The molecule has 3 aromatic rings. The van der Waals surface area contributed by atoms with Crippen molar-refractivity contribution in [1.29, 1.82) is 0 Å². The Morgan fingerprint density at radius 2 is 1.79 bits per heavy atom. The molecule has 2 aromatic carbocycles. The van der Waals surface area contributed by atoms with Crippen LogP contribution in [0.4, 0.5) is 13.2 Å². The molecule has 4 rings (SSSR count). The highest BCUT2D eigenvalue weighted by atomic mass is 32.2. The van der Waals surface area contributed by atoms with Gasteiger partial charge in [0.25, 0.3) is 0 Å². The molecule has 0 radical (unpaired) electrons. The molecule has 33 heavy (non-hydrogen) atoms. The van der Waals surface area contributed by atoms with Gasteiger partial charge in [0, 0.05) is 25.0 Å². The van der Waals surface area contributed by atoms with E-state index in [9.17, 15) is 21.6 Å². The van der Waals surface area contributed by atoms with E-state index < -0.39 is 27.0 Å². The predicted octanol–water partition coefficient (Wildman–Crippen LogP) is 4.34. The summed E-state index contributed by atoms with van der Waals surface area (Å²) in [7, 11) is -3.37. The summed E-state index contributed by atoms with van der Waals surface area (Å²) in [5, 5.41) is -0.505. The number of halogens is 3. The molecule has 0 amide bonds. The zero-order valence-corrected chi connectivity index (χ0v) is 19.2. The van der Waals surface area contributed by atoms with Gasteiger partial charge in [0.05, 0.1) is 17.1 Å². The molecule has 1 N–H and O–H groups in total. The first-order valence-corrected chi connectivity index (χ1v) is 12.3. The average Bonchev–Trinajstić information content (AvgIpc) is 3.35. The number of imidazole rings is 1. The number of nitrogens with one attached hydrogen (secondary N) is 1. The largest absolute Gasteiger partial charge is 0.416 e. The highest BCUT2D eigenvalue weighted by Gasteiger charge is 2.31. The summed E-state index contributed by atoms with van der Waals surface area (Å²) in [6.45, 7) is 3.58. The van der Waals surface area contributed by atoms with Crippen LogP contribution in [0.1, 0.15) is 47.2 Å². The zero-order chi connectivity index (χ0) is 23.8. The van der Waals surface area contributed by atoms with E-state index in [-0.39, 0.29) is 6.04 Å². The van der Waals surface area contributed by atoms with Crippen molar-refractivity contribution in [3.05, 3.63) is 88.5 Å². The molecule has 176 valence electrons. The molecular weight excluding hydrogens is 451 g/mol. The monoisotopic (exact) mass is 477 g/mol. The zero-order valence-electron chi connectivity index (χ0n) is 18.4. The van der Waals surface area contributed by atoms with Crippen LogP contribution in [0, 0.1) is 0 Å². The minimum absolute atomic E-state index is 0.196. The third-order valence-corrected chi connectivity index (χ3v) is 7.77. The number of aromatic nitrogens is 2. The molecule has 0 unspecified atom stereocenters. The van der Waals surface area contributed by atoms with Crippen LogP contribution in [0.3, 0.4) is 0 Å². The van der Waals surface area contributed by atoms with Gasteiger partial charge in [-0.2, -0.15) is 13.2 Å². The quantitative estimate of drug-likeness (QED) is 0.551. The van der Waals surface area contributed by atoms with E-state index >= 15 is 0 Å². The van der Waals surface area contributed by atoms with Crippen molar-refractivity contribution >= 4 is 10.0 Å². The molecule has 9 heteroatoms. The Morgan fingerprint density at radius 3 is 2.45 bits per heavy atom. The second-order valence-corrected chi connectivity index (χ2v) is 11.1. The van der Waals surface area contributed by atoms with Crippen molar-refractivity contribution in [2.24, 2.45) is 0 Å². The lowest BCUT2D eigenvalue weighted by Gasteiger charge is -2.14. The number of sulfonamides is 1. The molecule has 0 saturated carbocycles. The highest BCUT2D eigenvalue weighted by Crippen LogP contribution is 2.32. The second kappa shape index (κ2) is 8.95. The number of hydrogen-bond donors (Lipinski definition) is 1. The van der Waals surface area contributed by atoms with Crippen molar-refractivity contribution in [1.82, 2.24) is 14.3 Å². The topological polar surface area (TPSA) is 64.0 Å². The Labute approximate surface area is 191 Å². The van der Waals surface area contributed by atoms with Gasteiger partial charge in [0.15, 0.2) is 0 Å². The first kappa shape index (κ1) is 23.5. The summed E-state index contributed by atoms with van der Waals surface area (Å²) in [6.07, 6.45) is 1.99. The molecule has 0 bridgehead atoms. The molecule has 0 saturated heterocycles. The van der Waals surface area contributed by atoms with Crippen molar-refractivity contribution in [2.75, 3.05) is 0 Å². The molecule has 5 nitrogen and oxygen atoms in total. The first-order chi connectivity index (χ1) is 15.5. The van der Waals surface area contributed by atoms with E-state index in [1.54, 1.807) is 43.2 Å². The van der Waals surface area contributed by atoms with Crippen LogP contribution in [0.25, 0.3) is 0 Å². The standard InChI is InChI=1S/C24H26F3N3O2S/c1-16(2)33(31,32)29-23-12-20-4-3-17(9-21(20)13-23)7-18-8-19(14-30-6-5-28-15-30)11-22(10-18)24(25,26)27/h3-6,8-11,15-16,23,29H,7,12-14H2,1-2H3/t23-/m0/s1. The lowest BCUT2D eigenvalue weighted by molar-refractivity contribution is -0.137. The Balaban J connectivity index is 1.55. The maximum Gasteiger partial charge on any atom is 0.416 e. The number of benzene rings is 2. The van der Waals surface area contributed by atoms with Gasteiger partial charge in [-0.15, -0.1) is 0 Å². The SMILES string of the molecule is CC(C)S(=O)(=O)N[C@H]1Cc2ccc(Cc3cc(Cn4ccnc4)cc(C(F)(F)F)c3)cc2C1. The number of nitrogens with zero attached hydrogens (tertiary/aromatic N) is 2. The normalized spacial score (nSPS) is 16.4. The van der Waals surface area contributed by atoms with Crippen molar-refractivity contribution in [3.8, 4) is 0 Å². The van der Waals surface area contributed by atoms with Gasteiger partial charge in [-0.1, -0.05) is 24.3 Å². The lowest BCUT2D eigenvalue weighted by Crippen LogP contribution is -2.39. The minimum Gasteiger partial charge on any atom is -0.333 e. The molecule has 1 aliphatic rings. The number of hydrogen-bond acceptors (Lipinski definition) is 3. The molecule has 0 aliphatic heterocycles. The van der Waals surface area contributed by atoms with Gasteiger partial charge in [-0.05, 0) is 73.1 Å². The van der Waals surface area contributed by atoms with Gasteiger partial charge < -0.3 is 4.57 Å². The van der Waals surface area contributed by atoms with Crippen molar-refractivity contribution < 1.29 is 21.6 Å². The molecule has 1 aromatic heterocycles. The predicted molar refractivity (Wildman–Crippen MR) is 120 cm³/mol. The molecule has 1 aliphatic carbocycles. The minimum atomic E-state index is -4.43. The first-order valence-electron chi connectivity index (χ1n) is 10.8. The average molecular weight is 478 g/mol. The summed E-state index contributed by atoms with van der Waals surface area (Å²) < 4.78 is 69.4. The van der Waals surface area contributed by atoms with E-state index in [1.807, 2.05) is 18.2 Å². The van der Waals surface area contributed by atoms with Crippen LogP contribution >= 0.6 is 0 Å². The summed E-state index contributed by atoms with van der Waals surface area (Å²) in [6, 6.07) is 9.82. The third-order valence-electron chi connectivity index (χ3n) is 5.87. The van der Waals surface area contributed by atoms with Gasteiger partial charge in [0.2, 0.25) is 10.0 Å². The van der Waals surface area contributed by atoms with E-state index in [4.69, 9.17) is 0 Å². The smallest absolute Gasteiger partial charge is 0.333 e. The highest BCUT2D eigenvalue weighted by molar-refractivity contribution is 7.90. The van der Waals surface area contributed by atoms with Crippen LogP contribution in [0.15, 0.2) is 55.1 Å². The Hall–Kier alpha value is -2.65. The fraction of sp³-hybridized carbons (Fsp3) is 0.375.